The van der Waals surface area contributed by atoms with E-state index in [1.165, 1.54) is 16.9 Å². The summed E-state index contributed by atoms with van der Waals surface area (Å²) in [6.45, 7) is 2.21. The van der Waals surface area contributed by atoms with Gasteiger partial charge in [0.1, 0.15) is 0 Å². The topological polar surface area (TPSA) is 80.1 Å². The van der Waals surface area contributed by atoms with Gasteiger partial charge in [0.2, 0.25) is 5.91 Å². The van der Waals surface area contributed by atoms with Crippen LogP contribution in [0.5, 0.6) is 0 Å². The van der Waals surface area contributed by atoms with Gasteiger partial charge in [-0.05, 0) is 43.7 Å². The Labute approximate surface area is 185 Å². The molecule has 11 heteroatoms. The molecule has 1 saturated heterocycles. The third kappa shape index (κ3) is 4.18. The quantitative estimate of drug-likeness (QED) is 0.612. The molecule has 0 atom stereocenters. The Morgan fingerprint density at radius 2 is 1.97 bits per heavy atom. The van der Waals surface area contributed by atoms with Gasteiger partial charge in [0.15, 0.2) is 5.82 Å². The number of halogens is 4. The number of benzene rings is 1. The van der Waals surface area contributed by atoms with Crippen molar-refractivity contribution >= 4 is 34.8 Å². The lowest BCUT2D eigenvalue weighted by atomic mass is 10.2. The Bertz CT molecular complexity index is 1190. The molecule has 2 amide bonds. The number of carbonyl (C=O) groups excluding carboxylic acids is 2. The van der Waals surface area contributed by atoms with Crippen LogP contribution in [-0.2, 0) is 11.0 Å². The molecule has 0 saturated carbocycles. The first-order chi connectivity index (χ1) is 15.1. The molecule has 1 fully saturated rings. The number of pyridine rings is 1. The number of hydrogen-bond acceptors (Lipinski definition) is 4. The van der Waals surface area contributed by atoms with Crippen molar-refractivity contribution in [2.75, 3.05) is 16.8 Å². The zero-order chi connectivity index (χ0) is 23.0. The molecule has 1 aliphatic rings. The fraction of sp³-hybridized carbons (Fsp3) is 0.238. The molecule has 0 bridgehead atoms. The monoisotopic (exact) mass is 463 g/mol. The highest BCUT2D eigenvalue weighted by atomic mass is 35.5. The van der Waals surface area contributed by atoms with Gasteiger partial charge in [-0.25, -0.2) is 9.67 Å². The van der Waals surface area contributed by atoms with Crippen LogP contribution >= 0.6 is 11.6 Å². The minimum Gasteiger partial charge on any atom is -0.322 e. The summed E-state index contributed by atoms with van der Waals surface area (Å²) >= 11 is 6.31. The van der Waals surface area contributed by atoms with Crippen molar-refractivity contribution in [2.24, 2.45) is 0 Å². The fourth-order valence-corrected chi connectivity index (χ4v) is 3.73. The van der Waals surface area contributed by atoms with Crippen LogP contribution in [0.3, 0.4) is 0 Å². The molecule has 166 valence electrons. The first-order valence-electron chi connectivity index (χ1n) is 9.64. The molecule has 0 unspecified atom stereocenters. The maximum Gasteiger partial charge on any atom is 0.417 e. The van der Waals surface area contributed by atoms with Gasteiger partial charge in [-0.1, -0.05) is 11.6 Å². The summed E-state index contributed by atoms with van der Waals surface area (Å²) in [6.07, 6.45) is -1.22. The Morgan fingerprint density at radius 3 is 2.56 bits per heavy atom. The number of amides is 2. The highest BCUT2D eigenvalue weighted by molar-refractivity contribution is 6.34. The van der Waals surface area contributed by atoms with Gasteiger partial charge >= 0.3 is 6.18 Å². The van der Waals surface area contributed by atoms with Gasteiger partial charge in [-0.2, -0.15) is 18.3 Å². The van der Waals surface area contributed by atoms with E-state index in [-0.39, 0.29) is 17.3 Å². The van der Waals surface area contributed by atoms with Crippen LogP contribution < -0.4 is 10.2 Å². The second-order valence-corrected chi connectivity index (χ2v) is 7.63. The number of aromatic nitrogens is 3. The van der Waals surface area contributed by atoms with Crippen molar-refractivity contribution in [3.05, 3.63) is 64.6 Å². The molecule has 0 aliphatic carbocycles. The van der Waals surface area contributed by atoms with Crippen LogP contribution in [0.4, 0.5) is 24.5 Å². The largest absolute Gasteiger partial charge is 0.417 e. The Kier molecular flexibility index (Phi) is 5.64. The molecule has 7 nitrogen and oxygen atoms in total. The van der Waals surface area contributed by atoms with Crippen LogP contribution in [0.2, 0.25) is 5.02 Å². The van der Waals surface area contributed by atoms with Crippen molar-refractivity contribution in [3.63, 3.8) is 0 Å². The van der Waals surface area contributed by atoms with E-state index in [2.05, 4.69) is 15.4 Å². The minimum absolute atomic E-state index is 0.00333. The normalized spacial score (nSPS) is 14.2. The predicted molar refractivity (Wildman–Crippen MR) is 112 cm³/mol. The van der Waals surface area contributed by atoms with E-state index in [0.717, 1.165) is 12.5 Å². The minimum atomic E-state index is -4.49. The smallest absolute Gasteiger partial charge is 0.322 e. The average molecular weight is 464 g/mol. The number of anilines is 2. The Hall–Kier alpha value is -3.40. The number of nitrogens with zero attached hydrogens (tertiary/aromatic N) is 4. The van der Waals surface area contributed by atoms with E-state index in [9.17, 15) is 22.8 Å². The second-order valence-electron chi connectivity index (χ2n) is 7.23. The summed E-state index contributed by atoms with van der Waals surface area (Å²) in [5, 5.41) is 7.12. The number of hydrogen-bond donors (Lipinski definition) is 1. The highest BCUT2D eigenvalue weighted by Crippen LogP contribution is 2.32. The average Bonchev–Trinajstić information content (AvgIpc) is 3.33. The van der Waals surface area contributed by atoms with Crippen LogP contribution in [0, 0.1) is 6.92 Å². The lowest BCUT2D eigenvalue weighted by Crippen LogP contribution is -2.24. The molecule has 1 N–H and O–H groups in total. The number of carbonyl (C=O) groups is 2. The van der Waals surface area contributed by atoms with Crippen molar-refractivity contribution in [2.45, 2.75) is 25.9 Å². The first kappa shape index (κ1) is 21.8. The van der Waals surface area contributed by atoms with E-state index in [1.54, 1.807) is 30.0 Å². The highest BCUT2D eigenvalue weighted by Gasteiger charge is 2.31. The summed E-state index contributed by atoms with van der Waals surface area (Å²) in [4.78, 5) is 30.1. The van der Waals surface area contributed by atoms with Gasteiger partial charge in [0.05, 0.1) is 33.7 Å². The maximum absolute atomic E-state index is 12.7. The molecule has 3 aromatic rings. The van der Waals surface area contributed by atoms with Gasteiger partial charge in [0, 0.05) is 24.8 Å². The first-order valence-corrected chi connectivity index (χ1v) is 10.0. The van der Waals surface area contributed by atoms with Crippen molar-refractivity contribution in [3.8, 4) is 5.82 Å². The summed E-state index contributed by atoms with van der Waals surface area (Å²) < 4.78 is 39.5. The second kappa shape index (κ2) is 8.27. The number of alkyl halides is 3. The molecule has 32 heavy (non-hydrogen) atoms. The molecular formula is C21H17ClF3N5O2. The van der Waals surface area contributed by atoms with Crippen LogP contribution in [0.25, 0.3) is 5.82 Å². The summed E-state index contributed by atoms with van der Waals surface area (Å²) in [7, 11) is 0. The van der Waals surface area contributed by atoms with Gasteiger partial charge in [-0.15, -0.1) is 0 Å². The summed E-state index contributed by atoms with van der Waals surface area (Å²) in [5.41, 5.74) is 0.765. The number of rotatable bonds is 4. The third-order valence-electron chi connectivity index (χ3n) is 5.12. The fourth-order valence-electron chi connectivity index (χ4n) is 3.45. The Balaban J connectivity index is 1.52. The van der Waals surface area contributed by atoms with Gasteiger partial charge in [0.25, 0.3) is 5.91 Å². The van der Waals surface area contributed by atoms with Crippen molar-refractivity contribution in [1.29, 1.82) is 0 Å². The lowest BCUT2D eigenvalue weighted by molar-refractivity contribution is -0.137. The summed E-state index contributed by atoms with van der Waals surface area (Å²) in [5.74, 6) is -0.317. The third-order valence-corrected chi connectivity index (χ3v) is 5.42. The van der Waals surface area contributed by atoms with E-state index in [1.807, 2.05) is 0 Å². The Morgan fingerprint density at radius 1 is 1.19 bits per heavy atom. The SMILES string of the molecule is Cc1c(C(=O)Nc2ccc(N3CCCC3=O)c(Cl)c2)cnn1-c1ccc(C(F)(F)F)cn1. The van der Waals surface area contributed by atoms with Crippen molar-refractivity contribution < 1.29 is 22.8 Å². The molecule has 0 radical (unpaired) electrons. The zero-order valence-electron chi connectivity index (χ0n) is 16.8. The molecule has 2 aromatic heterocycles. The van der Waals surface area contributed by atoms with Crippen LogP contribution in [-0.4, -0.2) is 33.1 Å². The lowest BCUT2D eigenvalue weighted by Gasteiger charge is -2.18. The summed E-state index contributed by atoms with van der Waals surface area (Å²) in [6, 6.07) is 6.95. The molecular weight excluding hydrogens is 447 g/mol. The zero-order valence-corrected chi connectivity index (χ0v) is 17.5. The van der Waals surface area contributed by atoms with Crippen LogP contribution in [0.1, 0.15) is 34.5 Å². The van der Waals surface area contributed by atoms with Gasteiger partial charge in [-0.3, -0.25) is 9.59 Å². The maximum atomic E-state index is 12.7. The molecule has 3 heterocycles. The van der Waals surface area contributed by atoms with E-state index < -0.39 is 17.6 Å². The standard InChI is InChI=1S/C21H17ClF3N5O2/c1-12-15(11-27-30(12)18-7-4-13(10-26-18)21(23,24)25)20(32)28-14-5-6-17(16(22)9-14)29-8-2-3-19(29)31/h4-7,9-11H,2-3,8H2,1H3,(H,28,32). The van der Waals surface area contributed by atoms with E-state index in [0.29, 0.717) is 41.3 Å². The molecule has 1 aliphatic heterocycles. The van der Waals surface area contributed by atoms with Crippen LogP contribution in [0.15, 0.2) is 42.7 Å². The number of nitrogens with one attached hydrogen (secondary N) is 1. The van der Waals surface area contributed by atoms with Crippen molar-refractivity contribution in [1.82, 2.24) is 14.8 Å². The van der Waals surface area contributed by atoms with E-state index in [4.69, 9.17) is 11.6 Å². The molecule has 1 aromatic carbocycles. The van der Waals surface area contributed by atoms with Gasteiger partial charge < -0.3 is 10.2 Å². The predicted octanol–water partition coefficient (Wildman–Crippen LogP) is 4.63. The molecule has 4 rings (SSSR count). The molecule has 0 spiro atoms. The van der Waals surface area contributed by atoms with E-state index >= 15 is 0 Å².